The maximum atomic E-state index is 11.9. The number of carboxylic acids is 1. The number of anilines is 1. The number of aliphatic carboxylic acids is 1. The van der Waals surface area contributed by atoms with Gasteiger partial charge >= 0.3 is 5.97 Å². The normalized spacial score (nSPS) is 12.8. The zero-order chi connectivity index (χ0) is 14.9. The fourth-order valence-electron chi connectivity index (χ4n) is 1.96. The van der Waals surface area contributed by atoms with Crippen molar-refractivity contribution in [3.63, 3.8) is 0 Å². The number of hydrogen-bond donors (Lipinski definition) is 3. The molecule has 1 atom stereocenters. The van der Waals surface area contributed by atoms with Crippen molar-refractivity contribution in [3.8, 4) is 0 Å². The maximum Gasteiger partial charge on any atom is 0.326 e. The first-order chi connectivity index (χ1) is 9.38. The van der Waals surface area contributed by atoms with E-state index in [2.05, 4.69) is 20.4 Å². The van der Waals surface area contributed by atoms with Crippen LogP contribution in [0.1, 0.15) is 20.3 Å². The second kappa shape index (κ2) is 5.32. The number of aromatic nitrogens is 4. The third-order valence-electron chi connectivity index (χ3n) is 2.92. The van der Waals surface area contributed by atoms with E-state index in [0.29, 0.717) is 17.5 Å². The van der Waals surface area contributed by atoms with Crippen LogP contribution in [0.5, 0.6) is 0 Å². The van der Waals surface area contributed by atoms with Gasteiger partial charge in [0.25, 0.3) is 5.56 Å². The number of carbonyl (C=O) groups is 1. The lowest BCUT2D eigenvalue weighted by atomic mass is 10.0. The van der Waals surface area contributed by atoms with Gasteiger partial charge in [-0.1, -0.05) is 13.8 Å². The summed E-state index contributed by atoms with van der Waals surface area (Å²) in [5, 5.41) is 16.3. The highest BCUT2D eigenvalue weighted by molar-refractivity contribution is 5.78. The molecule has 0 aliphatic heterocycles. The summed E-state index contributed by atoms with van der Waals surface area (Å²) >= 11 is 0. The summed E-state index contributed by atoms with van der Waals surface area (Å²) < 4.78 is 1.47. The second-order valence-corrected chi connectivity index (χ2v) is 5.08. The Morgan fingerprint density at radius 3 is 2.85 bits per heavy atom. The molecule has 108 valence electrons. The van der Waals surface area contributed by atoms with Crippen LogP contribution in [0, 0.1) is 5.92 Å². The highest BCUT2D eigenvalue weighted by Crippen LogP contribution is 2.11. The summed E-state index contributed by atoms with van der Waals surface area (Å²) in [6.07, 6.45) is 1.86. The predicted molar refractivity (Wildman–Crippen MR) is 73.6 cm³/mol. The minimum atomic E-state index is -0.980. The minimum absolute atomic E-state index is 0.138. The number of fused-ring (bicyclic) bond motifs is 1. The molecule has 0 fully saturated rings. The first-order valence-electron chi connectivity index (χ1n) is 6.30. The topological polar surface area (TPSA) is 113 Å². The van der Waals surface area contributed by atoms with E-state index in [-0.39, 0.29) is 17.4 Å². The molecule has 3 N–H and O–H groups in total. The van der Waals surface area contributed by atoms with Crippen molar-refractivity contribution in [2.45, 2.75) is 26.3 Å². The van der Waals surface area contributed by atoms with Crippen LogP contribution in [-0.4, -0.2) is 36.9 Å². The van der Waals surface area contributed by atoms with Gasteiger partial charge in [0.05, 0.1) is 6.20 Å². The fourth-order valence-corrected chi connectivity index (χ4v) is 1.96. The first-order valence-corrected chi connectivity index (χ1v) is 6.30. The molecular weight excluding hydrogens is 262 g/mol. The Bertz CT molecular complexity index is 688. The first kappa shape index (κ1) is 14.0. The molecule has 2 heterocycles. The van der Waals surface area contributed by atoms with Gasteiger partial charge in [-0.05, 0) is 12.3 Å². The summed E-state index contributed by atoms with van der Waals surface area (Å²) in [7, 11) is 1.67. The van der Waals surface area contributed by atoms with E-state index in [9.17, 15) is 14.7 Å². The van der Waals surface area contributed by atoms with E-state index in [1.54, 1.807) is 7.05 Å². The van der Waals surface area contributed by atoms with Crippen molar-refractivity contribution < 1.29 is 9.90 Å². The van der Waals surface area contributed by atoms with E-state index in [1.807, 2.05) is 13.8 Å². The average Bonchev–Trinajstić information content (AvgIpc) is 2.70. The summed E-state index contributed by atoms with van der Waals surface area (Å²) in [6.45, 7) is 3.86. The van der Waals surface area contributed by atoms with Crippen molar-refractivity contribution in [2.75, 3.05) is 5.32 Å². The molecule has 0 saturated carbocycles. The van der Waals surface area contributed by atoms with Crippen molar-refractivity contribution in [3.05, 3.63) is 16.6 Å². The fraction of sp³-hybridized carbons (Fsp3) is 0.500. The molecule has 2 rings (SSSR count). The number of H-pyrrole nitrogens is 1. The molecule has 0 amide bonds. The van der Waals surface area contributed by atoms with Gasteiger partial charge < -0.3 is 10.4 Å². The molecule has 0 aliphatic carbocycles. The van der Waals surface area contributed by atoms with Crippen molar-refractivity contribution in [1.82, 2.24) is 19.7 Å². The van der Waals surface area contributed by atoms with Crippen LogP contribution in [0.25, 0.3) is 11.0 Å². The summed E-state index contributed by atoms with van der Waals surface area (Å²) in [5.74, 6) is -0.638. The van der Waals surface area contributed by atoms with Gasteiger partial charge in [-0.2, -0.15) is 10.1 Å². The van der Waals surface area contributed by atoms with E-state index in [4.69, 9.17) is 0 Å². The number of hydrogen-bond acceptors (Lipinski definition) is 5. The molecule has 0 bridgehead atoms. The van der Waals surface area contributed by atoms with Crippen LogP contribution in [0.2, 0.25) is 0 Å². The summed E-state index contributed by atoms with van der Waals surface area (Å²) in [6, 6.07) is -0.802. The predicted octanol–water partition coefficient (Wildman–Crippen LogP) is 0.568. The standard InChI is InChI=1S/C12H17N5O3/c1-6(2)4-8(11(19)20)14-12-15-9-7(10(18)16-12)5-13-17(9)3/h5-6,8H,4H2,1-3H3,(H,19,20)(H2,14,15,16,18)/t8-/m0/s1. The van der Waals surface area contributed by atoms with Crippen molar-refractivity contribution >= 4 is 23.0 Å². The zero-order valence-corrected chi connectivity index (χ0v) is 11.5. The summed E-state index contributed by atoms with van der Waals surface area (Å²) in [4.78, 5) is 29.8. The third kappa shape index (κ3) is 2.79. The summed E-state index contributed by atoms with van der Waals surface area (Å²) in [5.41, 5.74) is 0.0595. The number of rotatable bonds is 5. The molecule has 0 spiro atoms. The monoisotopic (exact) mass is 279 g/mol. The Balaban J connectivity index is 2.35. The van der Waals surface area contributed by atoms with Gasteiger partial charge in [-0.3, -0.25) is 14.5 Å². The quantitative estimate of drug-likeness (QED) is 0.737. The number of nitrogens with zero attached hydrogens (tertiary/aromatic N) is 3. The van der Waals surface area contributed by atoms with Crippen LogP contribution in [0.4, 0.5) is 5.95 Å². The van der Waals surface area contributed by atoms with Gasteiger partial charge in [0.2, 0.25) is 5.95 Å². The van der Waals surface area contributed by atoms with E-state index >= 15 is 0 Å². The van der Waals surface area contributed by atoms with Crippen LogP contribution in [0.15, 0.2) is 11.0 Å². The molecule has 0 saturated heterocycles. The van der Waals surface area contributed by atoms with Crippen LogP contribution in [0.3, 0.4) is 0 Å². The lowest BCUT2D eigenvalue weighted by molar-refractivity contribution is -0.138. The molecule has 8 nitrogen and oxygen atoms in total. The molecule has 8 heteroatoms. The Labute approximate surface area is 114 Å². The number of carboxylic acid groups (broad SMARTS) is 1. The Morgan fingerprint density at radius 2 is 2.25 bits per heavy atom. The molecule has 0 aliphatic rings. The molecular formula is C12H17N5O3. The van der Waals surface area contributed by atoms with E-state index in [1.165, 1.54) is 10.9 Å². The van der Waals surface area contributed by atoms with Gasteiger partial charge in [0.1, 0.15) is 11.4 Å². The Hall–Kier alpha value is -2.38. The zero-order valence-electron chi connectivity index (χ0n) is 11.5. The van der Waals surface area contributed by atoms with Gasteiger partial charge in [-0.15, -0.1) is 0 Å². The lowest BCUT2D eigenvalue weighted by Gasteiger charge is -2.16. The molecule has 2 aromatic rings. The highest BCUT2D eigenvalue weighted by atomic mass is 16.4. The van der Waals surface area contributed by atoms with Crippen LogP contribution < -0.4 is 10.9 Å². The highest BCUT2D eigenvalue weighted by Gasteiger charge is 2.20. The van der Waals surface area contributed by atoms with E-state index < -0.39 is 12.0 Å². The molecule has 2 aromatic heterocycles. The van der Waals surface area contributed by atoms with E-state index in [0.717, 1.165) is 0 Å². The Kier molecular flexibility index (Phi) is 3.73. The maximum absolute atomic E-state index is 11.9. The number of aromatic amines is 1. The lowest BCUT2D eigenvalue weighted by Crippen LogP contribution is -2.32. The second-order valence-electron chi connectivity index (χ2n) is 5.08. The molecule has 0 radical (unpaired) electrons. The van der Waals surface area contributed by atoms with Crippen LogP contribution >= 0.6 is 0 Å². The van der Waals surface area contributed by atoms with Gasteiger partial charge in [-0.25, -0.2) is 4.79 Å². The molecule has 20 heavy (non-hydrogen) atoms. The van der Waals surface area contributed by atoms with Gasteiger partial charge in [0.15, 0.2) is 5.65 Å². The average molecular weight is 279 g/mol. The van der Waals surface area contributed by atoms with Crippen LogP contribution in [-0.2, 0) is 11.8 Å². The molecule has 0 unspecified atom stereocenters. The SMILES string of the molecule is CC(C)C[C@H](Nc1nc2c(cnn2C)c(=O)[nH]1)C(=O)O. The van der Waals surface area contributed by atoms with Crippen molar-refractivity contribution in [1.29, 1.82) is 0 Å². The third-order valence-corrected chi connectivity index (χ3v) is 2.92. The minimum Gasteiger partial charge on any atom is -0.480 e. The largest absolute Gasteiger partial charge is 0.480 e. The Morgan fingerprint density at radius 1 is 1.55 bits per heavy atom. The van der Waals surface area contributed by atoms with Gasteiger partial charge in [0, 0.05) is 7.05 Å². The number of aryl methyl sites for hydroxylation is 1. The smallest absolute Gasteiger partial charge is 0.326 e. The number of nitrogens with one attached hydrogen (secondary N) is 2. The molecule has 0 aromatic carbocycles. The van der Waals surface area contributed by atoms with Crippen molar-refractivity contribution in [2.24, 2.45) is 13.0 Å².